The highest BCUT2D eigenvalue weighted by Gasteiger charge is 2.25. The van der Waals surface area contributed by atoms with Crippen molar-refractivity contribution in [3.63, 3.8) is 0 Å². The maximum atomic E-state index is 12.4. The van der Waals surface area contributed by atoms with Gasteiger partial charge in [-0.05, 0) is 18.1 Å². The Morgan fingerprint density at radius 1 is 1.25 bits per heavy atom. The monoisotopic (exact) mass is 303 g/mol. The molecule has 0 aromatic heterocycles. The molecular weight excluding hydrogens is 288 g/mol. The minimum Gasteiger partial charge on any atom is -0.480 e. The molecule has 0 fully saturated rings. The first-order valence-corrected chi connectivity index (χ1v) is 6.78. The molecule has 0 saturated heterocycles. The molecule has 7 heteroatoms. The molecule has 20 heavy (non-hydrogen) atoms. The molecule has 1 aromatic rings. The predicted octanol–water partition coefficient (Wildman–Crippen LogP) is 2.84. The standard InChI is InChI=1S/C13H15F2NO3S/c1-7(2)10(12(18)19)16-11(17)8-5-3-4-6-9(8)20-13(14)15/h3-7,10,13H,1-2H3,(H,16,17)(H,18,19)/t10-/m1/s1. The molecule has 0 spiro atoms. The first-order chi connectivity index (χ1) is 9.32. The van der Waals surface area contributed by atoms with Crippen LogP contribution in [0.4, 0.5) is 8.78 Å². The Balaban J connectivity index is 2.94. The summed E-state index contributed by atoms with van der Waals surface area (Å²) in [5.41, 5.74) is 0.0460. The number of thioether (sulfide) groups is 1. The van der Waals surface area contributed by atoms with Crippen molar-refractivity contribution < 1.29 is 23.5 Å². The van der Waals surface area contributed by atoms with Crippen LogP contribution in [0.5, 0.6) is 0 Å². The third kappa shape index (κ3) is 4.48. The van der Waals surface area contributed by atoms with Crippen LogP contribution >= 0.6 is 11.8 Å². The molecule has 0 saturated carbocycles. The Bertz CT molecular complexity index is 494. The summed E-state index contributed by atoms with van der Waals surface area (Å²) >= 11 is 0.256. The topological polar surface area (TPSA) is 66.4 Å². The van der Waals surface area contributed by atoms with Crippen molar-refractivity contribution in [1.82, 2.24) is 5.32 Å². The minimum atomic E-state index is -2.65. The quantitative estimate of drug-likeness (QED) is 0.793. The molecule has 0 aliphatic carbocycles. The molecule has 0 heterocycles. The molecule has 0 bridgehead atoms. The highest BCUT2D eigenvalue weighted by Crippen LogP contribution is 2.28. The van der Waals surface area contributed by atoms with Crippen LogP contribution in [0.15, 0.2) is 29.2 Å². The van der Waals surface area contributed by atoms with Crippen molar-refractivity contribution in [2.45, 2.75) is 30.5 Å². The van der Waals surface area contributed by atoms with Gasteiger partial charge in [0.25, 0.3) is 11.7 Å². The van der Waals surface area contributed by atoms with Crippen molar-refractivity contribution in [2.75, 3.05) is 0 Å². The maximum Gasteiger partial charge on any atom is 0.326 e. The molecule has 0 unspecified atom stereocenters. The van der Waals surface area contributed by atoms with Crippen molar-refractivity contribution in [3.8, 4) is 0 Å². The first-order valence-electron chi connectivity index (χ1n) is 5.90. The summed E-state index contributed by atoms with van der Waals surface area (Å²) in [7, 11) is 0. The van der Waals surface area contributed by atoms with Gasteiger partial charge in [-0.2, -0.15) is 8.78 Å². The Morgan fingerprint density at radius 2 is 1.85 bits per heavy atom. The van der Waals surface area contributed by atoms with Crippen LogP contribution in [-0.2, 0) is 4.79 Å². The fourth-order valence-corrected chi connectivity index (χ4v) is 2.22. The van der Waals surface area contributed by atoms with E-state index in [-0.39, 0.29) is 28.1 Å². The van der Waals surface area contributed by atoms with Crippen LogP contribution in [0.1, 0.15) is 24.2 Å². The maximum absolute atomic E-state index is 12.4. The van der Waals surface area contributed by atoms with Gasteiger partial charge in [-0.15, -0.1) is 0 Å². The number of carbonyl (C=O) groups is 2. The number of carboxylic acid groups (broad SMARTS) is 1. The van der Waals surface area contributed by atoms with Crippen LogP contribution in [0.25, 0.3) is 0 Å². The summed E-state index contributed by atoms with van der Waals surface area (Å²) < 4.78 is 24.8. The van der Waals surface area contributed by atoms with Crippen molar-refractivity contribution >= 4 is 23.6 Å². The molecule has 0 aliphatic heterocycles. The molecular formula is C13H15F2NO3S. The van der Waals surface area contributed by atoms with Crippen molar-refractivity contribution in [3.05, 3.63) is 29.8 Å². The van der Waals surface area contributed by atoms with Gasteiger partial charge in [0.2, 0.25) is 0 Å². The lowest BCUT2D eigenvalue weighted by Gasteiger charge is -2.18. The average molecular weight is 303 g/mol. The summed E-state index contributed by atoms with van der Waals surface area (Å²) in [6.07, 6.45) is 0. The van der Waals surface area contributed by atoms with E-state index >= 15 is 0 Å². The smallest absolute Gasteiger partial charge is 0.326 e. The Kier molecular flexibility index (Phi) is 5.94. The van der Waals surface area contributed by atoms with E-state index in [1.54, 1.807) is 19.9 Å². The minimum absolute atomic E-state index is 0.0460. The fourth-order valence-electron chi connectivity index (χ4n) is 1.59. The number of benzene rings is 1. The van der Waals surface area contributed by atoms with Gasteiger partial charge in [-0.25, -0.2) is 4.79 Å². The lowest BCUT2D eigenvalue weighted by atomic mass is 10.0. The molecule has 0 aliphatic rings. The number of hydrogen-bond donors (Lipinski definition) is 2. The van der Waals surface area contributed by atoms with Crippen LogP contribution in [0.2, 0.25) is 0 Å². The van der Waals surface area contributed by atoms with Crippen LogP contribution in [-0.4, -0.2) is 28.8 Å². The molecule has 4 nitrogen and oxygen atoms in total. The molecule has 0 radical (unpaired) electrons. The van der Waals surface area contributed by atoms with Gasteiger partial charge in [0.15, 0.2) is 0 Å². The van der Waals surface area contributed by atoms with Crippen molar-refractivity contribution in [2.24, 2.45) is 5.92 Å². The highest BCUT2D eigenvalue weighted by molar-refractivity contribution is 7.99. The summed E-state index contributed by atoms with van der Waals surface area (Å²) in [5.74, 6) is -4.79. The fraction of sp³-hybridized carbons (Fsp3) is 0.385. The van der Waals surface area contributed by atoms with Gasteiger partial charge in [0, 0.05) is 4.90 Å². The zero-order valence-electron chi connectivity index (χ0n) is 11.0. The molecule has 1 aromatic carbocycles. The van der Waals surface area contributed by atoms with Gasteiger partial charge in [-0.1, -0.05) is 37.7 Å². The number of carboxylic acids is 1. The van der Waals surface area contributed by atoms with Crippen molar-refractivity contribution in [1.29, 1.82) is 0 Å². The van der Waals surface area contributed by atoms with E-state index in [0.717, 1.165) is 0 Å². The molecule has 110 valence electrons. The number of alkyl halides is 2. The number of rotatable bonds is 6. The number of aliphatic carboxylic acids is 1. The van der Waals surface area contributed by atoms with E-state index in [2.05, 4.69) is 5.32 Å². The van der Waals surface area contributed by atoms with Gasteiger partial charge in [0.1, 0.15) is 6.04 Å². The normalized spacial score (nSPS) is 12.5. The van der Waals surface area contributed by atoms with Gasteiger partial charge < -0.3 is 10.4 Å². The van der Waals surface area contributed by atoms with Gasteiger partial charge in [0.05, 0.1) is 5.56 Å². The molecule has 1 atom stereocenters. The average Bonchev–Trinajstić information content (AvgIpc) is 2.34. The predicted molar refractivity (Wildman–Crippen MR) is 72.0 cm³/mol. The SMILES string of the molecule is CC(C)[C@@H](NC(=O)c1ccccc1SC(F)F)C(=O)O. The van der Waals surface area contributed by atoms with Gasteiger partial charge in [-0.3, -0.25) is 4.79 Å². The number of nitrogens with one attached hydrogen (secondary N) is 1. The van der Waals surface area contributed by atoms with E-state index < -0.39 is 23.7 Å². The Morgan fingerprint density at radius 3 is 2.35 bits per heavy atom. The summed E-state index contributed by atoms with van der Waals surface area (Å²) in [6.45, 7) is 3.30. The second-order valence-electron chi connectivity index (χ2n) is 4.41. The lowest BCUT2D eigenvalue weighted by molar-refractivity contribution is -0.140. The van der Waals surface area contributed by atoms with Crippen LogP contribution < -0.4 is 5.32 Å². The van der Waals surface area contributed by atoms with Crippen LogP contribution in [0, 0.1) is 5.92 Å². The van der Waals surface area contributed by atoms with Gasteiger partial charge >= 0.3 is 5.97 Å². The van der Waals surface area contributed by atoms with E-state index in [1.807, 2.05) is 0 Å². The second kappa shape index (κ2) is 7.23. The third-order valence-corrected chi connectivity index (χ3v) is 3.36. The summed E-state index contributed by atoms with van der Waals surface area (Å²) in [4.78, 5) is 23.2. The number of amides is 1. The van der Waals surface area contributed by atoms with Crippen LogP contribution in [0.3, 0.4) is 0 Å². The Hall–Kier alpha value is -1.63. The number of halogens is 2. The second-order valence-corrected chi connectivity index (χ2v) is 5.44. The zero-order valence-corrected chi connectivity index (χ0v) is 11.8. The molecule has 2 N–H and O–H groups in total. The molecule has 1 rings (SSSR count). The third-order valence-electron chi connectivity index (χ3n) is 2.57. The molecule has 1 amide bonds. The van der Waals surface area contributed by atoms with E-state index in [0.29, 0.717) is 0 Å². The Labute approximate surface area is 119 Å². The summed E-state index contributed by atoms with van der Waals surface area (Å²) in [5, 5.41) is 11.4. The van der Waals surface area contributed by atoms with E-state index in [9.17, 15) is 18.4 Å². The zero-order chi connectivity index (χ0) is 15.3. The first kappa shape index (κ1) is 16.4. The summed E-state index contributed by atoms with van der Waals surface area (Å²) in [6, 6.07) is 4.80. The number of carbonyl (C=O) groups excluding carboxylic acids is 1. The van der Waals surface area contributed by atoms with E-state index in [1.165, 1.54) is 18.2 Å². The largest absolute Gasteiger partial charge is 0.480 e. The lowest BCUT2D eigenvalue weighted by Crippen LogP contribution is -2.44. The highest BCUT2D eigenvalue weighted by atomic mass is 32.2. The van der Waals surface area contributed by atoms with E-state index in [4.69, 9.17) is 5.11 Å². The number of hydrogen-bond acceptors (Lipinski definition) is 3.